The molecule has 0 aliphatic heterocycles. The zero-order chi connectivity index (χ0) is 46.8. The third-order valence-electron chi connectivity index (χ3n) is 6.33. The van der Waals surface area contributed by atoms with E-state index in [-0.39, 0.29) is 13.2 Å². The molecule has 1 heterocycles. The molecule has 0 aliphatic carbocycles. The predicted molar refractivity (Wildman–Crippen MR) is 252 cm³/mol. The third kappa shape index (κ3) is 22.0. The minimum Gasteiger partial charge on any atom is -0.489 e. The molecule has 1 N–H and O–H groups in total. The van der Waals surface area contributed by atoms with E-state index >= 15 is 0 Å². The quantitative estimate of drug-likeness (QED) is 0.384. The maximum absolute atomic E-state index is 9.57. The molecule has 1 aromatic heterocycles. The molecule has 0 spiro atoms. The van der Waals surface area contributed by atoms with E-state index < -0.39 is 0 Å². The monoisotopic (exact) mass is 828 g/mol. The molecule has 66 heavy (non-hydrogen) atoms. The fourth-order valence-corrected chi connectivity index (χ4v) is 3.85. The number of aliphatic hydroxyl groups excluding tert-OH is 1. The zero-order valence-electron chi connectivity index (χ0n) is 34.1. The van der Waals surface area contributed by atoms with Crippen molar-refractivity contribution in [2.24, 2.45) is 0 Å². The Morgan fingerprint density at radius 3 is 1.09 bits per heavy atom. The summed E-state index contributed by atoms with van der Waals surface area (Å²) in [5.41, 5.74) is 2.11. The van der Waals surface area contributed by atoms with E-state index in [9.17, 15) is 5.11 Å². The van der Waals surface area contributed by atoms with Gasteiger partial charge in [-0.2, -0.15) is 0 Å². The fraction of sp³-hybridized carbons (Fsp3) is 0.0492. The molecule has 0 saturated heterocycles. The maximum Gasteiger partial charge on any atom is 0.144 e. The van der Waals surface area contributed by atoms with Crippen LogP contribution in [0, 0.1) is 269 Å². The molecule has 0 fully saturated rings. The van der Waals surface area contributed by atoms with Crippen LogP contribution in [0.5, 0.6) is 17.2 Å². The maximum atomic E-state index is 9.57. The van der Waals surface area contributed by atoms with Crippen molar-refractivity contribution in [2.45, 2.75) is 20.1 Å². The molecule has 0 radical (unpaired) electrons. The molecule has 0 bridgehead atoms. The average molecular weight is 829 g/mol. The van der Waals surface area contributed by atoms with E-state index in [1.807, 2.05) is 13.0 Å². The molecule has 0 aliphatic rings. The second-order valence-corrected chi connectivity index (χ2v) is 10.5. The van der Waals surface area contributed by atoms with Gasteiger partial charge in [-0.05, 0) is 131 Å². The first-order valence-electron chi connectivity index (χ1n) is 17.8. The van der Waals surface area contributed by atoms with Crippen LogP contribution < -0.4 is 14.2 Å². The lowest BCUT2D eigenvalue weighted by Gasteiger charge is -2.09. The molecular weight excluding hydrogens is 813 g/mol. The van der Waals surface area contributed by atoms with E-state index in [1.54, 1.807) is 30.3 Å². The number of ether oxygens (including phenoxy) is 3. The Hall–Kier alpha value is -12.3. The third-order valence-corrected chi connectivity index (χ3v) is 6.33. The Balaban J connectivity index is 1.64. The van der Waals surface area contributed by atoms with Crippen molar-refractivity contribution in [3.63, 3.8) is 0 Å². The minimum atomic E-state index is -0.209. The highest BCUT2D eigenvalue weighted by Gasteiger charge is 2.11. The van der Waals surface area contributed by atoms with Crippen molar-refractivity contribution in [2.75, 3.05) is 0 Å². The van der Waals surface area contributed by atoms with Gasteiger partial charge in [-0.1, -0.05) is 0 Å². The lowest BCUT2D eigenvalue weighted by Crippen LogP contribution is -1.97. The van der Waals surface area contributed by atoms with Gasteiger partial charge in [-0.25, -0.2) is 0 Å². The van der Waals surface area contributed by atoms with Crippen LogP contribution in [0.2, 0.25) is 0 Å². The Bertz CT molecular complexity index is 3700. The first-order chi connectivity index (χ1) is 32.6. The molecule has 290 valence electrons. The van der Waals surface area contributed by atoms with Crippen LogP contribution in [0.4, 0.5) is 0 Å². The molecule has 2 aromatic carbocycles. The number of rotatable bonds is 6. The smallest absolute Gasteiger partial charge is 0.144 e. The lowest BCUT2D eigenvalue weighted by atomic mass is 10.1. The van der Waals surface area contributed by atoms with Crippen LogP contribution in [-0.4, -0.2) is 5.11 Å². The summed E-state index contributed by atoms with van der Waals surface area (Å²) in [5.74, 6) is 101. The number of aryl methyl sites for hydroxylation is 1. The number of fused-ring (bicyclic) bond motifs is 1. The van der Waals surface area contributed by atoms with Gasteiger partial charge in [0.1, 0.15) is 54.0 Å². The van der Waals surface area contributed by atoms with Crippen molar-refractivity contribution in [3.8, 4) is 279 Å². The number of benzene rings is 2. The fourth-order valence-electron chi connectivity index (χ4n) is 3.85. The Labute approximate surface area is 385 Å². The van der Waals surface area contributed by atoms with Gasteiger partial charge in [0, 0.05) is 165 Å². The van der Waals surface area contributed by atoms with E-state index in [0.717, 1.165) is 10.9 Å². The van der Waals surface area contributed by atoms with Gasteiger partial charge >= 0.3 is 0 Å². The normalized spacial score (nSPS) is 6.42. The van der Waals surface area contributed by atoms with Gasteiger partial charge in [-0.3, -0.25) is 0 Å². The number of hydrogen-bond donors (Lipinski definition) is 1. The van der Waals surface area contributed by atoms with Crippen molar-refractivity contribution in [3.05, 3.63) is 53.3 Å². The predicted octanol–water partition coefficient (Wildman–Crippen LogP) is 3.82. The first-order valence-corrected chi connectivity index (χ1v) is 17.8. The standard InChI is InChI=1S/C61H16O5/c1-4-6-8-10-12-14-16-18-20-22-24-26-28-30-32-34-36-38-40-42-46-63-57-48-55(53-65-56-44-45-59-54(3)61(52-62)66-60(59)51-56)49-58(50-57)64-47-43-41-39-37-35-33-31-29-27-25-23-21-19-17-15-13-11-9-7-5-2/h1-2,44-45,48-51,62H,52-53H2,3H3. The molecule has 5 nitrogen and oxygen atoms in total. The summed E-state index contributed by atoms with van der Waals surface area (Å²) in [5, 5.41) is 10.4. The highest BCUT2D eigenvalue weighted by Crippen LogP contribution is 2.30. The zero-order valence-corrected chi connectivity index (χ0v) is 34.1. The molecule has 3 aromatic rings. The summed E-state index contributed by atoms with van der Waals surface area (Å²) < 4.78 is 22.9. The van der Waals surface area contributed by atoms with Crippen LogP contribution in [-0.2, 0) is 13.2 Å². The van der Waals surface area contributed by atoms with E-state index in [0.29, 0.717) is 34.2 Å². The summed E-state index contributed by atoms with van der Waals surface area (Å²) in [7, 11) is 0. The molecule has 5 heteroatoms. The minimum absolute atomic E-state index is 0.114. The van der Waals surface area contributed by atoms with Gasteiger partial charge in [0.15, 0.2) is 0 Å². The Kier molecular flexibility index (Phi) is 23.7. The molecule has 3 rings (SSSR count). The van der Waals surface area contributed by atoms with Crippen LogP contribution in [0.3, 0.4) is 0 Å². The summed E-state index contributed by atoms with van der Waals surface area (Å²) in [6.07, 6.45) is 14.9. The summed E-state index contributed by atoms with van der Waals surface area (Å²) >= 11 is 0. The number of aliphatic hydroxyl groups is 1. The van der Waals surface area contributed by atoms with Gasteiger partial charge in [0.05, 0.1) is 0 Å². The summed E-state index contributed by atoms with van der Waals surface area (Å²) in [6, 6.07) is 10.4. The molecule has 0 unspecified atom stereocenters. The highest BCUT2D eigenvalue weighted by atomic mass is 16.5. The van der Waals surface area contributed by atoms with Gasteiger partial charge < -0.3 is 23.7 Å². The van der Waals surface area contributed by atoms with Crippen molar-refractivity contribution in [1.82, 2.24) is 0 Å². The lowest BCUT2D eigenvalue weighted by molar-refractivity contribution is 0.249. The van der Waals surface area contributed by atoms with Crippen molar-refractivity contribution in [1.29, 1.82) is 0 Å². The molecule has 0 amide bonds. The second kappa shape index (κ2) is 32.6. The number of terminal acetylenes is 2. The van der Waals surface area contributed by atoms with Crippen LogP contribution in [0.15, 0.2) is 40.8 Å². The second-order valence-electron chi connectivity index (χ2n) is 10.5. The first kappa shape index (κ1) is 48.0. The summed E-state index contributed by atoms with van der Waals surface area (Å²) in [6.45, 7) is 1.78. The van der Waals surface area contributed by atoms with Crippen LogP contribution in [0.1, 0.15) is 16.9 Å². The van der Waals surface area contributed by atoms with E-state index in [1.165, 1.54) is 0 Å². The van der Waals surface area contributed by atoms with Crippen molar-refractivity contribution < 1.29 is 23.7 Å². The Morgan fingerprint density at radius 2 is 0.758 bits per heavy atom. The molecule has 0 saturated carbocycles. The molecular formula is C61H16O5. The van der Waals surface area contributed by atoms with E-state index in [4.69, 9.17) is 31.5 Å². The highest BCUT2D eigenvalue weighted by molar-refractivity contribution is 5.83. The number of furan rings is 1. The number of hydrogen-bond acceptors (Lipinski definition) is 5. The average Bonchev–Trinajstić information content (AvgIpc) is 3.65. The van der Waals surface area contributed by atoms with Crippen LogP contribution >= 0.6 is 0 Å². The van der Waals surface area contributed by atoms with Crippen molar-refractivity contribution >= 4 is 11.0 Å². The Morgan fingerprint density at radius 1 is 0.424 bits per heavy atom. The van der Waals surface area contributed by atoms with Gasteiger partial charge in [0.25, 0.3) is 0 Å². The SMILES string of the molecule is C#CC#CC#CC#CC#CC#CC#CC#CC#CC#CC#COc1cc(COc2ccc3c(C)c(CO)oc3c2)cc(OC#CC#CC#CC#CC#CC#CC#CC#CC#CC#CC#C)c1. The molecule has 0 atom stereocenters. The topological polar surface area (TPSA) is 61.1 Å². The van der Waals surface area contributed by atoms with Gasteiger partial charge in [-0.15, -0.1) is 12.8 Å². The summed E-state index contributed by atoms with van der Waals surface area (Å²) in [4.78, 5) is 0. The van der Waals surface area contributed by atoms with Gasteiger partial charge in [0.2, 0.25) is 0 Å². The van der Waals surface area contributed by atoms with Crippen LogP contribution in [0.25, 0.3) is 11.0 Å². The van der Waals surface area contributed by atoms with E-state index in [2.05, 4.69) is 249 Å². The largest absolute Gasteiger partial charge is 0.489 e.